The van der Waals surface area contributed by atoms with Crippen molar-refractivity contribution in [1.29, 1.82) is 0 Å². The van der Waals surface area contributed by atoms with Crippen LogP contribution >= 0.6 is 0 Å². The number of carbonyl (C=O) groups is 2. The highest BCUT2D eigenvalue weighted by atomic mass is 16.5. The van der Waals surface area contributed by atoms with Crippen molar-refractivity contribution in [3.8, 4) is 0 Å². The minimum Gasteiger partial charge on any atom is -0.379 e. The summed E-state index contributed by atoms with van der Waals surface area (Å²) in [5, 5.41) is 19.8. The molecule has 5 rings (SSSR count). The smallest absolute Gasteiger partial charge is 0.256 e. The first kappa shape index (κ1) is 25.7. The molecule has 0 aromatic carbocycles. The molecule has 1 saturated heterocycles. The number of carbonyl (C=O) groups excluding carboxylic acids is 2. The first-order valence-electron chi connectivity index (χ1n) is 12.9. The molecule has 2 aliphatic carbocycles. The number of aromatic nitrogens is 3. The van der Waals surface area contributed by atoms with Crippen molar-refractivity contribution in [2.24, 2.45) is 5.92 Å². The van der Waals surface area contributed by atoms with Crippen LogP contribution in [0.25, 0.3) is 0 Å². The second-order valence-electron chi connectivity index (χ2n) is 9.88. The van der Waals surface area contributed by atoms with E-state index in [1.165, 1.54) is 11.8 Å². The van der Waals surface area contributed by atoms with E-state index < -0.39 is 5.60 Å². The number of hydrogen-bond donors (Lipinski definition) is 4. The topological polar surface area (TPSA) is 138 Å². The fourth-order valence-corrected chi connectivity index (χ4v) is 4.84. The maximum Gasteiger partial charge on any atom is 0.256 e. The zero-order chi connectivity index (χ0) is 26.5. The number of anilines is 3. The molecule has 0 bridgehead atoms. The summed E-state index contributed by atoms with van der Waals surface area (Å²) in [6.07, 6.45) is 12.2. The van der Waals surface area contributed by atoms with E-state index in [0.717, 1.165) is 31.4 Å². The normalized spacial score (nSPS) is 19.0. The van der Waals surface area contributed by atoms with Gasteiger partial charge >= 0.3 is 0 Å². The standard InChI is InChI=1S/C28H32N6O4/c1-2-14-29-26(36)22-15-30-27(31-20-10-6-18(7-11-20)19-8-12-21(35)13-9-19)34-25(22)33-24-5-3-4-23(32-24)28(37)16-38-17-28/h2-6,10,15,19,37H,1,7-9,11-14,16-17H2,(H,29,36)(H2,30,31,32,33,34). The molecule has 10 heteroatoms. The third kappa shape index (κ3) is 5.81. The van der Waals surface area contributed by atoms with Gasteiger partial charge in [0.05, 0.1) is 18.9 Å². The number of Topliss-reactive ketones (excluding diaryl/α,β-unsaturated/α-hetero) is 1. The summed E-state index contributed by atoms with van der Waals surface area (Å²) in [7, 11) is 0. The summed E-state index contributed by atoms with van der Waals surface area (Å²) in [4.78, 5) is 37.8. The van der Waals surface area contributed by atoms with Crippen LogP contribution in [0.5, 0.6) is 0 Å². The highest BCUT2D eigenvalue weighted by molar-refractivity contribution is 5.99. The fraction of sp³-hybridized carbons (Fsp3) is 0.393. The van der Waals surface area contributed by atoms with Crippen LogP contribution < -0.4 is 16.0 Å². The maximum absolute atomic E-state index is 12.8. The Morgan fingerprint density at radius 1 is 1.13 bits per heavy atom. The highest BCUT2D eigenvalue weighted by Gasteiger charge is 2.39. The van der Waals surface area contributed by atoms with E-state index in [9.17, 15) is 14.7 Å². The van der Waals surface area contributed by atoms with Crippen LogP contribution in [0.15, 0.2) is 60.5 Å². The van der Waals surface area contributed by atoms with Crippen molar-refractivity contribution < 1.29 is 19.4 Å². The lowest BCUT2D eigenvalue weighted by Gasteiger charge is -2.35. The summed E-state index contributed by atoms with van der Waals surface area (Å²) >= 11 is 0. The molecule has 0 spiro atoms. The van der Waals surface area contributed by atoms with Crippen molar-refractivity contribution in [3.05, 3.63) is 71.7 Å². The molecule has 10 nitrogen and oxygen atoms in total. The SMILES string of the molecule is C=CCNC(=O)c1cnc(NC2=CC=C(C3CCC(=O)CC3)CC2)nc1Nc1cccc(C2(O)COC2)n1. The second-order valence-corrected chi connectivity index (χ2v) is 9.88. The van der Waals surface area contributed by atoms with Gasteiger partial charge in [0.1, 0.15) is 23.0 Å². The van der Waals surface area contributed by atoms with Crippen molar-refractivity contribution >= 4 is 29.3 Å². The van der Waals surface area contributed by atoms with Gasteiger partial charge in [-0.2, -0.15) is 4.98 Å². The van der Waals surface area contributed by atoms with E-state index >= 15 is 0 Å². The summed E-state index contributed by atoms with van der Waals surface area (Å²) in [5.41, 5.74) is 1.98. The zero-order valence-electron chi connectivity index (χ0n) is 21.2. The van der Waals surface area contributed by atoms with E-state index in [2.05, 4.69) is 43.6 Å². The largest absolute Gasteiger partial charge is 0.379 e. The summed E-state index contributed by atoms with van der Waals surface area (Å²) < 4.78 is 5.15. The molecular weight excluding hydrogens is 484 g/mol. The van der Waals surface area contributed by atoms with Gasteiger partial charge in [-0.1, -0.05) is 23.8 Å². The average molecular weight is 517 g/mol. The molecule has 3 aliphatic rings. The Hall–Kier alpha value is -3.89. The number of allylic oxidation sites excluding steroid dienone is 4. The van der Waals surface area contributed by atoms with E-state index in [4.69, 9.17) is 4.74 Å². The van der Waals surface area contributed by atoms with Gasteiger partial charge in [-0.15, -0.1) is 6.58 Å². The zero-order valence-corrected chi connectivity index (χ0v) is 21.2. The Kier molecular flexibility index (Phi) is 7.62. The van der Waals surface area contributed by atoms with E-state index in [1.54, 1.807) is 24.3 Å². The van der Waals surface area contributed by atoms with Crippen LogP contribution in [0.2, 0.25) is 0 Å². The van der Waals surface area contributed by atoms with Crippen LogP contribution in [0.1, 0.15) is 54.6 Å². The van der Waals surface area contributed by atoms with Gasteiger partial charge in [0.25, 0.3) is 5.91 Å². The first-order valence-corrected chi connectivity index (χ1v) is 12.9. The number of amides is 1. The first-order chi connectivity index (χ1) is 18.4. The van der Waals surface area contributed by atoms with Crippen LogP contribution in [-0.4, -0.2) is 51.5 Å². The predicted octanol–water partition coefficient (Wildman–Crippen LogP) is 3.52. The molecule has 1 saturated carbocycles. The number of ketones is 1. The minimum atomic E-state index is -1.12. The van der Waals surface area contributed by atoms with E-state index in [1.807, 2.05) is 6.08 Å². The Morgan fingerprint density at radius 2 is 1.95 bits per heavy atom. The van der Waals surface area contributed by atoms with Crippen LogP contribution in [-0.2, 0) is 15.1 Å². The van der Waals surface area contributed by atoms with Crippen LogP contribution in [0.4, 0.5) is 17.6 Å². The Balaban J connectivity index is 1.35. The molecule has 0 atom stereocenters. The molecule has 4 N–H and O–H groups in total. The monoisotopic (exact) mass is 516 g/mol. The predicted molar refractivity (Wildman–Crippen MR) is 143 cm³/mol. The van der Waals surface area contributed by atoms with Crippen LogP contribution in [0, 0.1) is 5.92 Å². The number of hydrogen-bond acceptors (Lipinski definition) is 9. The fourth-order valence-electron chi connectivity index (χ4n) is 4.84. The minimum absolute atomic E-state index is 0.185. The van der Waals surface area contributed by atoms with Gasteiger partial charge in [-0.3, -0.25) is 9.59 Å². The van der Waals surface area contributed by atoms with Gasteiger partial charge in [0, 0.05) is 31.3 Å². The second kappa shape index (κ2) is 11.2. The van der Waals surface area contributed by atoms with Crippen LogP contribution in [0.3, 0.4) is 0 Å². The van der Waals surface area contributed by atoms with Crippen molar-refractivity contribution in [2.45, 2.75) is 44.1 Å². The van der Waals surface area contributed by atoms with E-state index in [-0.39, 0.29) is 30.5 Å². The van der Waals surface area contributed by atoms with Crippen molar-refractivity contribution in [2.75, 3.05) is 30.4 Å². The van der Waals surface area contributed by atoms with Crippen molar-refractivity contribution in [1.82, 2.24) is 20.3 Å². The lowest BCUT2D eigenvalue weighted by molar-refractivity contribution is -0.186. The van der Waals surface area contributed by atoms with Gasteiger partial charge < -0.3 is 25.8 Å². The van der Waals surface area contributed by atoms with Crippen molar-refractivity contribution in [3.63, 3.8) is 0 Å². The number of aliphatic hydroxyl groups is 1. The summed E-state index contributed by atoms with van der Waals surface area (Å²) in [6, 6.07) is 5.25. The molecule has 0 unspecified atom stereocenters. The molecule has 2 aromatic rings. The molecule has 38 heavy (non-hydrogen) atoms. The van der Waals surface area contributed by atoms with E-state index in [0.29, 0.717) is 48.5 Å². The summed E-state index contributed by atoms with van der Waals surface area (Å²) in [6.45, 7) is 4.31. The average Bonchev–Trinajstić information content (AvgIpc) is 2.91. The number of nitrogens with zero attached hydrogens (tertiary/aromatic N) is 3. The van der Waals surface area contributed by atoms with Gasteiger partial charge in [0.15, 0.2) is 5.60 Å². The molecule has 3 heterocycles. The third-order valence-corrected chi connectivity index (χ3v) is 7.12. The lowest BCUT2D eigenvalue weighted by atomic mass is 9.80. The molecule has 198 valence electrons. The summed E-state index contributed by atoms with van der Waals surface area (Å²) in [5.74, 6) is 1.57. The van der Waals surface area contributed by atoms with Gasteiger partial charge in [0.2, 0.25) is 5.95 Å². The number of pyridine rings is 1. The molecular formula is C28H32N6O4. The molecule has 0 radical (unpaired) electrons. The molecule has 1 amide bonds. The molecule has 2 fully saturated rings. The third-order valence-electron chi connectivity index (χ3n) is 7.12. The number of rotatable bonds is 9. The number of ether oxygens (including phenoxy) is 1. The quantitative estimate of drug-likeness (QED) is 0.369. The Morgan fingerprint density at radius 3 is 2.63 bits per heavy atom. The maximum atomic E-state index is 12.8. The Bertz CT molecular complexity index is 1290. The number of nitrogens with one attached hydrogen (secondary N) is 3. The van der Waals surface area contributed by atoms with Gasteiger partial charge in [-0.05, 0) is 49.8 Å². The Labute approximate surface area is 221 Å². The molecule has 1 aliphatic heterocycles. The lowest BCUT2D eigenvalue weighted by Crippen LogP contribution is -2.47. The van der Waals surface area contributed by atoms with Gasteiger partial charge in [-0.25, -0.2) is 9.97 Å². The molecule has 2 aromatic heterocycles. The highest BCUT2D eigenvalue weighted by Crippen LogP contribution is 2.34.